The first-order valence-electron chi connectivity index (χ1n) is 24.4. The van der Waals surface area contributed by atoms with Crippen LogP contribution in [0.1, 0.15) is 232 Å². The average molecular weight is 866 g/mol. The van der Waals surface area contributed by atoms with Gasteiger partial charge in [-0.3, -0.25) is 9.35 Å². The lowest BCUT2D eigenvalue weighted by atomic mass is 9.99. The van der Waals surface area contributed by atoms with Crippen LogP contribution in [0.4, 0.5) is 0 Å². The molecule has 1 aliphatic heterocycles. The Bertz CT molecular complexity index is 1070. The summed E-state index contributed by atoms with van der Waals surface area (Å²) < 4.78 is 47.7. The fourth-order valence-electron chi connectivity index (χ4n) is 8.11. The molecular formula is C46H91NO11S. The summed E-state index contributed by atoms with van der Waals surface area (Å²) in [6, 6.07) is -0.851. The van der Waals surface area contributed by atoms with Crippen molar-refractivity contribution in [2.45, 2.75) is 275 Å². The standard InChI is InChI=1S/C46H91NO11S/c1-3-5-7-9-11-13-15-17-19-21-23-25-27-29-31-33-35-40(49)39(38-56-46-44(52)45(58-59(53,54)55)43(51)41(37-48)57-46)47-42(50)36-34-32-30-28-26-24-22-20-18-16-14-12-10-8-6-4-2/h39-41,43-46,48-49,51-52H,3-38H2,1-2H3,(H,47,50)(H,53,54,55). The van der Waals surface area contributed by atoms with Crippen molar-refractivity contribution >= 4 is 16.3 Å². The molecule has 1 saturated heterocycles. The van der Waals surface area contributed by atoms with E-state index in [1.807, 2.05) is 0 Å². The molecule has 0 radical (unpaired) electrons. The first kappa shape index (κ1) is 56.1. The van der Waals surface area contributed by atoms with E-state index >= 15 is 0 Å². The molecule has 1 fully saturated rings. The van der Waals surface area contributed by atoms with Gasteiger partial charge in [0.15, 0.2) is 6.29 Å². The summed E-state index contributed by atoms with van der Waals surface area (Å²) in [6.07, 6.45) is 30.9. The van der Waals surface area contributed by atoms with Crippen LogP contribution in [0, 0.1) is 0 Å². The number of aliphatic hydroxyl groups is 4. The highest BCUT2D eigenvalue weighted by molar-refractivity contribution is 7.80. The molecule has 59 heavy (non-hydrogen) atoms. The number of hydrogen-bond acceptors (Lipinski definition) is 10. The summed E-state index contributed by atoms with van der Waals surface area (Å²) >= 11 is 0. The summed E-state index contributed by atoms with van der Waals surface area (Å²) in [5.74, 6) is -0.226. The third-order valence-corrected chi connectivity index (χ3v) is 12.4. The number of carbonyl (C=O) groups is 1. The van der Waals surface area contributed by atoms with Crippen molar-refractivity contribution in [1.82, 2.24) is 5.32 Å². The van der Waals surface area contributed by atoms with E-state index in [0.717, 1.165) is 51.4 Å². The Kier molecular flexibility index (Phi) is 35.8. The maximum Gasteiger partial charge on any atom is 0.397 e. The van der Waals surface area contributed by atoms with Gasteiger partial charge in [0.05, 0.1) is 25.4 Å². The van der Waals surface area contributed by atoms with Gasteiger partial charge >= 0.3 is 10.4 Å². The molecule has 352 valence electrons. The van der Waals surface area contributed by atoms with Crippen LogP contribution in [0.2, 0.25) is 0 Å². The predicted octanol–water partition coefficient (Wildman–Crippen LogP) is 9.78. The van der Waals surface area contributed by atoms with Crippen molar-refractivity contribution in [3.05, 3.63) is 0 Å². The third kappa shape index (κ3) is 30.7. The Hall–Kier alpha value is -0.900. The third-order valence-electron chi connectivity index (χ3n) is 11.9. The van der Waals surface area contributed by atoms with Gasteiger partial charge < -0.3 is 35.2 Å². The van der Waals surface area contributed by atoms with Crippen molar-refractivity contribution in [3.8, 4) is 0 Å². The van der Waals surface area contributed by atoms with Crippen LogP contribution >= 0.6 is 0 Å². The molecule has 0 bridgehead atoms. The molecule has 6 N–H and O–H groups in total. The number of carbonyl (C=O) groups excluding carboxylic acids is 1. The van der Waals surface area contributed by atoms with Gasteiger partial charge in [-0.2, -0.15) is 8.42 Å². The second kappa shape index (κ2) is 37.6. The number of unbranched alkanes of at least 4 members (excludes halogenated alkanes) is 30. The lowest BCUT2D eigenvalue weighted by Gasteiger charge is -2.41. The summed E-state index contributed by atoms with van der Waals surface area (Å²) in [7, 11) is -5.07. The van der Waals surface area contributed by atoms with Crippen LogP contribution in [-0.4, -0.2) is 95.4 Å². The molecular weight excluding hydrogens is 775 g/mol. The number of ether oxygens (including phenoxy) is 2. The van der Waals surface area contributed by atoms with Crippen molar-refractivity contribution in [3.63, 3.8) is 0 Å². The van der Waals surface area contributed by atoms with E-state index in [9.17, 15) is 38.2 Å². The van der Waals surface area contributed by atoms with Gasteiger partial charge in [0, 0.05) is 6.42 Å². The topological polar surface area (TPSA) is 192 Å². The van der Waals surface area contributed by atoms with Crippen LogP contribution in [0.5, 0.6) is 0 Å². The van der Waals surface area contributed by atoms with E-state index in [2.05, 4.69) is 23.3 Å². The zero-order valence-electron chi connectivity index (χ0n) is 37.6. The van der Waals surface area contributed by atoms with E-state index in [0.29, 0.717) is 12.8 Å². The SMILES string of the molecule is CCCCCCCCCCCCCCCCCCC(=O)NC(COC1OC(CO)C(O)C(OS(=O)(=O)O)C1O)C(O)CCCCCCCCCCCCCCCCCC. The van der Waals surface area contributed by atoms with Crippen LogP contribution < -0.4 is 5.32 Å². The minimum atomic E-state index is -5.07. The Morgan fingerprint density at radius 1 is 0.610 bits per heavy atom. The molecule has 0 aromatic carbocycles. The van der Waals surface area contributed by atoms with Gasteiger partial charge in [-0.05, 0) is 12.8 Å². The molecule has 1 rings (SSSR count). The normalized spacial score (nSPS) is 20.8. The summed E-state index contributed by atoms with van der Waals surface area (Å²) in [5, 5.41) is 44.9. The first-order valence-corrected chi connectivity index (χ1v) is 25.8. The van der Waals surface area contributed by atoms with E-state index < -0.39 is 59.9 Å². The summed E-state index contributed by atoms with van der Waals surface area (Å²) in [5.41, 5.74) is 0. The number of nitrogens with one attached hydrogen (secondary N) is 1. The molecule has 1 aliphatic rings. The van der Waals surface area contributed by atoms with Gasteiger partial charge in [-0.25, -0.2) is 4.18 Å². The Balaban J connectivity index is 2.46. The minimum Gasteiger partial charge on any atom is -0.394 e. The fraction of sp³-hybridized carbons (Fsp3) is 0.978. The van der Waals surface area contributed by atoms with Crippen molar-refractivity contribution in [2.75, 3.05) is 13.2 Å². The van der Waals surface area contributed by atoms with Gasteiger partial charge in [-0.15, -0.1) is 0 Å². The highest BCUT2D eigenvalue weighted by Gasteiger charge is 2.48. The molecule has 13 heteroatoms. The fourth-order valence-corrected chi connectivity index (χ4v) is 8.62. The summed E-state index contributed by atoms with van der Waals surface area (Å²) in [6.45, 7) is 3.47. The first-order chi connectivity index (χ1) is 28.5. The predicted molar refractivity (Wildman–Crippen MR) is 236 cm³/mol. The van der Waals surface area contributed by atoms with Gasteiger partial charge in [0.2, 0.25) is 5.91 Å². The smallest absolute Gasteiger partial charge is 0.394 e. The van der Waals surface area contributed by atoms with Gasteiger partial charge in [0.1, 0.15) is 24.4 Å². The molecule has 1 amide bonds. The Morgan fingerprint density at radius 3 is 1.36 bits per heavy atom. The quantitative estimate of drug-likeness (QED) is 0.0253. The van der Waals surface area contributed by atoms with Crippen LogP contribution in [0.15, 0.2) is 0 Å². The van der Waals surface area contributed by atoms with E-state index in [-0.39, 0.29) is 12.5 Å². The van der Waals surface area contributed by atoms with Crippen molar-refractivity contribution < 1.29 is 51.8 Å². The molecule has 12 nitrogen and oxygen atoms in total. The Morgan fingerprint density at radius 2 is 0.983 bits per heavy atom. The average Bonchev–Trinajstić information content (AvgIpc) is 3.20. The largest absolute Gasteiger partial charge is 0.397 e. The van der Waals surface area contributed by atoms with Gasteiger partial charge in [-0.1, -0.05) is 213 Å². The second-order valence-corrected chi connectivity index (χ2v) is 18.5. The zero-order valence-corrected chi connectivity index (χ0v) is 38.4. The molecule has 0 aromatic rings. The number of rotatable bonds is 42. The van der Waals surface area contributed by atoms with Crippen molar-refractivity contribution in [2.24, 2.45) is 0 Å². The lowest BCUT2D eigenvalue weighted by molar-refractivity contribution is -0.298. The highest BCUT2D eigenvalue weighted by Crippen LogP contribution is 2.26. The van der Waals surface area contributed by atoms with E-state index in [4.69, 9.17) is 9.47 Å². The van der Waals surface area contributed by atoms with E-state index in [1.165, 1.54) is 154 Å². The molecule has 7 atom stereocenters. The minimum absolute atomic E-state index is 0.226. The zero-order chi connectivity index (χ0) is 43.4. The molecule has 0 spiro atoms. The Labute approximate surface area is 360 Å². The molecule has 7 unspecified atom stereocenters. The second-order valence-electron chi connectivity index (χ2n) is 17.4. The number of hydrogen-bond donors (Lipinski definition) is 6. The van der Waals surface area contributed by atoms with E-state index in [1.54, 1.807) is 0 Å². The lowest BCUT2D eigenvalue weighted by Crippen LogP contribution is -2.61. The maximum atomic E-state index is 13.1. The highest BCUT2D eigenvalue weighted by atomic mass is 32.3. The molecule has 0 aromatic heterocycles. The number of aliphatic hydroxyl groups excluding tert-OH is 4. The van der Waals surface area contributed by atoms with Crippen molar-refractivity contribution in [1.29, 1.82) is 0 Å². The number of amides is 1. The summed E-state index contributed by atoms with van der Waals surface area (Å²) in [4.78, 5) is 13.1. The van der Waals surface area contributed by atoms with Crippen LogP contribution in [0.3, 0.4) is 0 Å². The van der Waals surface area contributed by atoms with Gasteiger partial charge in [0.25, 0.3) is 0 Å². The molecule has 1 heterocycles. The van der Waals surface area contributed by atoms with Crippen LogP contribution in [-0.2, 0) is 28.9 Å². The van der Waals surface area contributed by atoms with Crippen LogP contribution in [0.25, 0.3) is 0 Å². The monoisotopic (exact) mass is 866 g/mol. The molecule has 0 saturated carbocycles. The maximum absolute atomic E-state index is 13.1. The molecule has 0 aliphatic carbocycles.